The van der Waals surface area contributed by atoms with E-state index in [4.69, 9.17) is 5.73 Å². The van der Waals surface area contributed by atoms with E-state index >= 15 is 0 Å². The molecule has 3 N–H and O–H groups in total. The topological polar surface area (TPSA) is 50.9 Å². The third-order valence-electron chi connectivity index (χ3n) is 2.96. The smallest absolute Gasteiger partial charge is 0.0630 e. The van der Waals surface area contributed by atoms with E-state index in [1.807, 2.05) is 18.3 Å². The first-order chi connectivity index (χ1) is 8.33. The Hall–Kier alpha value is -1.77. The van der Waals surface area contributed by atoms with Crippen LogP contribution in [0.15, 0.2) is 30.6 Å². The zero-order valence-corrected chi connectivity index (χ0v) is 10.2. The number of nitrogens with two attached hydrogens (primary N) is 1. The summed E-state index contributed by atoms with van der Waals surface area (Å²) in [6.45, 7) is 3.19. The Morgan fingerprint density at radius 3 is 2.94 bits per heavy atom. The molecule has 0 saturated heterocycles. The molecule has 90 valence electrons. The summed E-state index contributed by atoms with van der Waals surface area (Å²) >= 11 is 0. The van der Waals surface area contributed by atoms with Gasteiger partial charge in [0.25, 0.3) is 0 Å². The van der Waals surface area contributed by atoms with Gasteiger partial charge in [-0.1, -0.05) is 25.8 Å². The fraction of sp³-hybridized carbons (Fsp3) is 0.357. The molecule has 1 aromatic heterocycles. The molecule has 2 rings (SSSR count). The normalized spacial score (nSPS) is 10.6. The van der Waals surface area contributed by atoms with Gasteiger partial charge in [-0.25, -0.2) is 0 Å². The number of aromatic nitrogens is 1. The SMILES string of the molecule is CCCCCNc1ccc2cnccc2c1N. The fourth-order valence-electron chi connectivity index (χ4n) is 1.94. The van der Waals surface area contributed by atoms with Crippen molar-refractivity contribution in [3.05, 3.63) is 30.6 Å². The Morgan fingerprint density at radius 2 is 2.12 bits per heavy atom. The molecule has 3 heteroatoms. The van der Waals surface area contributed by atoms with Gasteiger partial charge < -0.3 is 11.1 Å². The predicted octanol–water partition coefficient (Wildman–Crippen LogP) is 3.42. The van der Waals surface area contributed by atoms with E-state index in [1.165, 1.54) is 19.3 Å². The van der Waals surface area contributed by atoms with Crippen LogP contribution in [0.4, 0.5) is 11.4 Å². The number of hydrogen-bond donors (Lipinski definition) is 2. The minimum atomic E-state index is 0.821. The molecule has 0 aliphatic carbocycles. The van der Waals surface area contributed by atoms with Gasteiger partial charge >= 0.3 is 0 Å². The van der Waals surface area contributed by atoms with Gasteiger partial charge in [0.1, 0.15) is 0 Å². The fourth-order valence-corrected chi connectivity index (χ4v) is 1.94. The standard InChI is InChI=1S/C14H19N3/c1-2-3-4-8-17-13-6-5-11-10-16-9-7-12(11)14(13)15/h5-7,9-10,17H,2-4,8,15H2,1H3. The average Bonchev–Trinajstić information content (AvgIpc) is 2.37. The van der Waals surface area contributed by atoms with Crippen LogP contribution in [-0.2, 0) is 0 Å². The van der Waals surface area contributed by atoms with E-state index in [2.05, 4.69) is 23.3 Å². The number of benzene rings is 1. The van der Waals surface area contributed by atoms with E-state index < -0.39 is 0 Å². The van der Waals surface area contributed by atoms with Gasteiger partial charge in [0.05, 0.1) is 11.4 Å². The molecule has 0 atom stereocenters. The Labute approximate surface area is 102 Å². The zero-order valence-electron chi connectivity index (χ0n) is 10.2. The summed E-state index contributed by atoms with van der Waals surface area (Å²) in [5.74, 6) is 0. The maximum atomic E-state index is 6.14. The van der Waals surface area contributed by atoms with Crippen molar-refractivity contribution in [1.82, 2.24) is 4.98 Å². The minimum absolute atomic E-state index is 0.821. The Morgan fingerprint density at radius 1 is 1.24 bits per heavy atom. The number of hydrogen-bond acceptors (Lipinski definition) is 3. The summed E-state index contributed by atoms with van der Waals surface area (Å²) in [6.07, 6.45) is 7.29. The molecule has 3 nitrogen and oxygen atoms in total. The van der Waals surface area contributed by atoms with Crippen LogP contribution in [0, 0.1) is 0 Å². The number of nitrogen functional groups attached to an aromatic ring is 1. The lowest BCUT2D eigenvalue weighted by atomic mass is 10.1. The van der Waals surface area contributed by atoms with Crippen molar-refractivity contribution in [2.24, 2.45) is 0 Å². The summed E-state index contributed by atoms with van der Waals surface area (Å²) < 4.78 is 0. The number of anilines is 2. The third-order valence-corrected chi connectivity index (χ3v) is 2.96. The molecule has 0 radical (unpaired) electrons. The van der Waals surface area contributed by atoms with Crippen LogP contribution in [0.3, 0.4) is 0 Å². The summed E-state index contributed by atoms with van der Waals surface area (Å²) in [7, 11) is 0. The molecule has 0 saturated carbocycles. The van der Waals surface area contributed by atoms with Crippen LogP contribution >= 0.6 is 0 Å². The Bertz CT molecular complexity index is 494. The highest BCUT2D eigenvalue weighted by molar-refractivity contribution is 5.98. The number of pyridine rings is 1. The van der Waals surface area contributed by atoms with E-state index in [-0.39, 0.29) is 0 Å². The lowest BCUT2D eigenvalue weighted by Crippen LogP contribution is -2.04. The molecule has 0 fully saturated rings. The molecule has 0 bridgehead atoms. The number of fused-ring (bicyclic) bond motifs is 1. The van der Waals surface area contributed by atoms with Gasteiger partial charge in [-0.2, -0.15) is 0 Å². The molecular weight excluding hydrogens is 210 g/mol. The van der Waals surface area contributed by atoms with Gasteiger partial charge in [0, 0.05) is 29.7 Å². The van der Waals surface area contributed by atoms with Crippen molar-refractivity contribution in [3.63, 3.8) is 0 Å². The monoisotopic (exact) mass is 229 g/mol. The number of nitrogens with one attached hydrogen (secondary N) is 1. The molecule has 0 amide bonds. The van der Waals surface area contributed by atoms with Gasteiger partial charge in [-0.15, -0.1) is 0 Å². The average molecular weight is 229 g/mol. The lowest BCUT2D eigenvalue weighted by molar-refractivity contribution is 0.744. The molecule has 2 aromatic rings. The van der Waals surface area contributed by atoms with Crippen molar-refractivity contribution in [2.75, 3.05) is 17.6 Å². The molecule has 0 aliphatic heterocycles. The van der Waals surface area contributed by atoms with Crippen LogP contribution in [0.2, 0.25) is 0 Å². The number of nitrogens with zero attached hydrogens (tertiary/aromatic N) is 1. The second kappa shape index (κ2) is 5.53. The van der Waals surface area contributed by atoms with Crippen molar-refractivity contribution < 1.29 is 0 Å². The first kappa shape index (κ1) is 11.7. The van der Waals surface area contributed by atoms with Gasteiger partial charge in [0.15, 0.2) is 0 Å². The molecule has 0 unspecified atom stereocenters. The molecule has 1 heterocycles. The first-order valence-electron chi connectivity index (χ1n) is 6.19. The summed E-state index contributed by atoms with van der Waals surface area (Å²) in [4.78, 5) is 4.09. The van der Waals surface area contributed by atoms with E-state index in [0.29, 0.717) is 0 Å². The van der Waals surface area contributed by atoms with Gasteiger partial charge in [-0.05, 0) is 18.6 Å². The second-order valence-electron chi connectivity index (χ2n) is 4.26. The maximum Gasteiger partial charge on any atom is 0.0630 e. The van der Waals surface area contributed by atoms with E-state index in [9.17, 15) is 0 Å². The molecule has 17 heavy (non-hydrogen) atoms. The van der Waals surface area contributed by atoms with Crippen LogP contribution in [-0.4, -0.2) is 11.5 Å². The first-order valence-corrected chi connectivity index (χ1v) is 6.19. The van der Waals surface area contributed by atoms with Crippen molar-refractivity contribution >= 4 is 22.1 Å². The van der Waals surface area contributed by atoms with E-state index in [0.717, 1.165) is 28.7 Å². The number of unbranched alkanes of at least 4 members (excludes halogenated alkanes) is 2. The summed E-state index contributed by atoms with van der Waals surface area (Å²) in [5, 5.41) is 5.55. The molecule has 0 spiro atoms. The van der Waals surface area contributed by atoms with Gasteiger partial charge in [0.2, 0.25) is 0 Å². The molecular formula is C14H19N3. The summed E-state index contributed by atoms with van der Waals surface area (Å²) in [6, 6.07) is 6.05. The largest absolute Gasteiger partial charge is 0.397 e. The van der Waals surface area contributed by atoms with Crippen LogP contribution in [0.1, 0.15) is 26.2 Å². The van der Waals surface area contributed by atoms with Crippen molar-refractivity contribution in [3.8, 4) is 0 Å². The molecule has 1 aromatic carbocycles. The second-order valence-corrected chi connectivity index (χ2v) is 4.26. The minimum Gasteiger partial charge on any atom is -0.397 e. The molecule has 0 aliphatic rings. The van der Waals surface area contributed by atoms with Gasteiger partial charge in [-0.3, -0.25) is 4.98 Å². The maximum absolute atomic E-state index is 6.14. The Balaban J connectivity index is 2.15. The quantitative estimate of drug-likeness (QED) is 0.610. The number of rotatable bonds is 5. The zero-order chi connectivity index (χ0) is 12.1. The van der Waals surface area contributed by atoms with Crippen molar-refractivity contribution in [1.29, 1.82) is 0 Å². The lowest BCUT2D eigenvalue weighted by Gasteiger charge is -2.11. The highest BCUT2D eigenvalue weighted by atomic mass is 14.9. The highest BCUT2D eigenvalue weighted by Gasteiger charge is 2.03. The van der Waals surface area contributed by atoms with Crippen molar-refractivity contribution in [2.45, 2.75) is 26.2 Å². The third kappa shape index (κ3) is 2.67. The van der Waals surface area contributed by atoms with Crippen LogP contribution < -0.4 is 11.1 Å². The predicted molar refractivity (Wildman–Crippen MR) is 74.2 cm³/mol. The highest BCUT2D eigenvalue weighted by Crippen LogP contribution is 2.27. The van der Waals surface area contributed by atoms with Crippen LogP contribution in [0.5, 0.6) is 0 Å². The summed E-state index contributed by atoms with van der Waals surface area (Å²) in [5.41, 5.74) is 7.99. The van der Waals surface area contributed by atoms with Crippen LogP contribution in [0.25, 0.3) is 10.8 Å². The Kier molecular flexibility index (Phi) is 3.81. The van der Waals surface area contributed by atoms with E-state index in [1.54, 1.807) is 6.20 Å².